The molecular weight excluding hydrogens is 232 g/mol. The van der Waals surface area contributed by atoms with Gasteiger partial charge in [-0.15, -0.1) is 0 Å². The van der Waals surface area contributed by atoms with Crippen LogP contribution in [0.4, 0.5) is 0 Å². The largest absolute Gasteiger partial charge is 0.492 e. The zero-order valence-corrected chi connectivity index (χ0v) is 10.6. The van der Waals surface area contributed by atoms with Gasteiger partial charge in [0.25, 0.3) is 0 Å². The molecule has 1 aliphatic heterocycles. The fourth-order valence-electron chi connectivity index (χ4n) is 2.17. The molecule has 0 aromatic heterocycles. The number of fused-ring (bicyclic) bond motifs is 1. The quantitative estimate of drug-likeness (QED) is 0.860. The minimum Gasteiger partial charge on any atom is -0.492 e. The van der Waals surface area contributed by atoms with E-state index in [2.05, 4.69) is 13.8 Å². The van der Waals surface area contributed by atoms with Crippen molar-refractivity contribution in [1.82, 2.24) is 0 Å². The van der Waals surface area contributed by atoms with Crippen LogP contribution in [0.2, 0.25) is 0 Å². The van der Waals surface area contributed by atoms with Gasteiger partial charge in [-0.05, 0) is 24.1 Å². The first kappa shape index (κ1) is 12.9. The van der Waals surface area contributed by atoms with E-state index in [4.69, 9.17) is 9.84 Å². The van der Waals surface area contributed by atoms with Crippen LogP contribution in [0, 0.1) is 0 Å². The Morgan fingerprint density at radius 1 is 1.50 bits per heavy atom. The molecule has 0 spiro atoms. The third kappa shape index (κ3) is 2.48. The van der Waals surface area contributed by atoms with E-state index in [-0.39, 0.29) is 18.3 Å². The summed E-state index contributed by atoms with van der Waals surface area (Å²) in [5.41, 5.74) is 1.78. The minimum absolute atomic E-state index is 0.0296. The molecule has 0 bridgehead atoms. The highest BCUT2D eigenvalue weighted by Gasteiger charge is 2.32. The maximum Gasteiger partial charge on any atom is 0.303 e. The summed E-state index contributed by atoms with van der Waals surface area (Å²) in [6.07, 6.45) is -0.532. The molecule has 0 saturated heterocycles. The molecule has 0 radical (unpaired) electrons. The van der Waals surface area contributed by atoms with Gasteiger partial charge >= 0.3 is 5.97 Å². The highest BCUT2D eigenvalue weighted by atomic mass is 16.5. The van der Waals surface area contributed by atoms with Gasteiger partial charge in [-0.2, -0.15) is 0 Å². The summed E-state index contributed by atoms with van der Waals surface area (Å²) in [6, 6.07) is 5.57. The maximum atomic E-state index is 10.5. The number of carbonyl (C=O) groups is 1. The molecule has 4 nitrogen and oxygen atoms in total. The first-order valence-electron chi connectivity index (χ1n) is 6.07. The summed E-state index contributed by atoms with van der Waals surface area (Å²) >= 11 is 0. The van der Waals surface area contributed by atoms with E-state index in [1.54, 1.807) is 6.07 Å². The number of carboxylic acids is 1. The summed E-state index contributed by atoms with van der Waals surface area (Å²) < 4.78 is 5.57. The Morgan fingerprint density at radius 3 is 2.89 bits per heavy atom. The lowest BCUT2D eigenvalue weighted by Gasteiger charge is -2.17. The summed E-state index contributed by atoms with van der Waals surface area (Å²) in [4.78, 5) is 10.5. The molecule has 2 N–H and O–H groups in total. The van der Waals surface area contributed by atoms with E-state index in [1.807, 2.05) is 12.1 Å². The Hall–Kier alpha value is -1.55. The zero-order valence-electron chi connectivity index (χ0n) is 10.6. The second-order valence-electron chi connectivity index (χ2n) is 5.38. The second-order valence-corrected chi connectivity index (χ2v) is 5.38. The minimum atomic E-state index is -0.890. The van der Waals surface area contributed by atoms with Crippen LogP contribution in [0.15, 0.2) is 18.2 Å². The lowest BCUT2D eigenvalue weighted by atomic mass is 9.85. The first-order valence-corrected chi connectivity index (χ1v) is 6.07. The van der Waals surface area contributed by atoms with E-state index < -0.39 is 12.1 Å². The molecule has 1 unspecified atom stereocenters. The van der Waals surface area contributed by atoms with Crippen molar-refractivity contribution in [2.45, 2.75) is 38.2 Å². The van der Waals surface area contributed by atoms with Crippen molar-refractivity contribution in [3.63, 3.8) is 0 Å². The third-order valence-corrected chi connectivity index (χ3v) is 3.34. The predicted molar refractivity (Wildman–Crippen MR) is 66.8 cm³/mol. The normalized spacial score (nSPS) is 17.9. The fraction of sp³-hybridized carbons (Fsp3) is 0.500. The molecule has 1 aromatic carbocycles. The van der Waals surface area contributed by atoms with Crippen molar-refractivity contribution in [2.24, 2.45) is 0 Å². The van der Waals surface area contributed by atoms with Gasteiger partial charge < -0.3 is 14.9 Å². The molecule has 1 aromatic rings. The number of carboxylic acid groups (broad SMARTS) is 1. The van der Waals surface area contributed by atoms with Gasteiger partial charge in [-0.25, -0.2) is 0 Å². The number of hydrogen-bond donors (Lipinski definition) is 2. The topological polar surface area (TPSA) is 66.8 Å². The van der Waals surface area contributed by atoms with Gasteiger partial charge in [-0.1, -0.05) is 19.9 Å². The summed E-state index contributed by atoms with van der Waals surface area (Å²) in [5, 5.41) is 18.6. The lowest BCUT2D eigenvalue weighted by Crippen LogP contribution is -2.18. The van der Waals surface area contributed by atoms with Crippen LogP contribution in [0.1, 0.15) is 43.9 Å². The van der Waals surface area contributed by atoms with Crippen LogP contribution in [-0.4, -0.2) is 22.8 Å². The Balaban J connectivity index is 2.18. The van der Waals surface area contributed by atoms with Crippen molar-refractivity contribution in [3.8, 4) is 5.75 Å². The van der Waals surface area contributed by atoms with Crippen molar-refractivity contribution in [3.05, 3.63) is 29.3 Å². The molecule has 18 heavy (non-hydrogen) atoms. The van der Waals surface area contributed by atoms with Crippen LogP contribution >= 0.6 is 0 Å². The molecule has 1 heterocycles. The van der Waals surface area contributed by atoms with Gasteiger partial charge in [0.1, 0.15) is 5.75 Å². The summed E-state index contributed by atoms with van der Waals surface area (Å²) in [7, 11) is 0. The van der Waals surface area contributed by atoms with Gasteiger partial charge in [0.05, 0.1) is 12.7 Å². The van der Waals surface area contributed by atoms with Gasteiger partial charge in [0.2, 0.25) is 0 Å². The molecule has 0 fully saturated rings. The molecule has 98 valence electrons. The Morgan fingerprint density at radius 2 is 2.22 bits per heavy atom. The van der Waals surface area contributed by atoms with Crippen molar-refractivity contribution in [2.75, 3.05) is 6.61 Å². The average Bonchev–Trinajstić information content (AvgIpc) is 2.62. The fourth-order valence-corrected chi connectivity index (χ4v) is 2.17. The Bertz CT molecular complexity index is 465. The number of benzene rings is 1. The average molecular weight is 250 g/mol. The number of aliphatic carboxylic acids is 1. The van der Waals surface area contributed by atoms with E-state index in [1.165, 1.54) is 0 Å². The van der Waals surface area contributed by atoms with E-state index in [0.717, 1.165) is 16.9 Å². The molecular formula is C14H18O4. The van der Waals surface area contributed by atoms with Crippen LogP contribution in [-0.2, 0) is 10.2 Å². The molecule has 1 atom stereocenters. The highest BCUT2D eigenvalue weighted by molar-refractivity contribution is 5.66. The van der Waals surface area contributed by atoms with Crippen LogP contribution in [0.5, 0.6) is 5.75 Å². The molecule has 0 amide bonds. The zero-order chi connectivity index (χ0) is 13.3. The molecule has 4 heteroatoms. The molecule has 0 aliphatic carbocycles. The van der Waals surface area contributed by atoms with Gasteiger partial charge in [0, 0.05) is 17.4 Å². The number of aliphatic hydroxyl groups excluding tert-OH is 1. The number of ether oxygens (including phenoxy) is 1. The maximum absolute atomic E-state index is 10.5. The first-order chi connectivity index (χ1) is 8.40. The van der Waals surface area contributed by atoms with Crippen LogP contribution in [0.25, 0.3) is 0 Å². The van der Waals surface area contributed by atoms with Crippen molar-refractivity contribution < 1.29 is 19.7 Å². The highest BCUT2D eigenvalue weighted by Crippen LogP contribution is 2.39. The Labute approximate surface area is 106 Å². The Kier molecular flexibility index (Phi) is 3.30. The van der Waals surface area contributed by atoms with E-state index >= 15 is 0 Å². The smallest absolute Gasteiger partial charge is 0.303 e. The SMILES string of the molecule is CC1(C)COc2ccc(C(O)CCC(=O)O)cc21. The standard InChI is InChI=1S/C14H18O4/c1-14(2)8-18-12-5-3-9(7-10(12)14)11(15)4-6-13(16)17/h3,5,7,11,15H,4,6,8H2,1-2H3,(H,16,17). The van der Waals surface area contributed by atoms with Gasteiger partial charge in [0.15, 0.2) is 0 Å². The molecule has 0 saturated carbocycles. The van der Waals surface area contributed by atoms with E-state index in [0.29, 0.717) is 6.61 Å². The lowest BCUT2D eigenvalue weighted by molar-refractivity contribution is -0.137. The monoisotopic (exact) mass is 250 g/mol. The summed E-state index contributed by atoms with van der Waals surface area (Å²) in [6.45, 7) is 4.81. The third-order valence-electron chi connectivity index (χ3n) is 3.34. The number of aliphatic hydroxyl groups is 1. The number of hydrogen-bond acceptors (Lipinski definition) is 3. The summed E-state index contributed by atoms with van der Waals surface area (Å²) in [5.74, 6) is -0.0342. The van der Waals surface area contributed by atoms with Gasteiger partial charge in [-0.3, -0.25) is 4.79 Å². The van der Waals surface area contributed by atoms with E-state index in [9.17, 15) is 9.90 Å². The second kappa shape index (κ2) is 4.61. The molecule has 1 aliphatic rings. The van der Waals surface area contributed by atoms with Crippen LogP contribution in [0.3, 0.4) is 0 Å². The van der Waals surface area contributed by atoms with Crippen LogP contribution < -0.4 is 4.74 Å². The predicted octanol–water partition coefficient (Wildman–Crippen LogP) is 2.25. The molecule has 2 rings (SSSR count). The van der Waals surface area contributed by atoms with Crippen molar-refractivity contribution >= 4 is 5.97 Å². The number of rotatable bonds is 4. The van der Waals surface area contributed by atoms with Crippen molar-refractivity contribution in [1.29, 1.82) is 0 Å².